The van der Waals surface area contributed by atoms with Crippen molar-refractivity contribution in [2.24, 2.45) is 5.10 Å². The summed E-state index contributed by atoms with van der Waals surface area (Å²) in [6.07, 6.45) is 3.56. The van der Waals surface area contributed by atoms with Gasteiger partial charge in [-0.1, -0.05) is 24.3 Å². The fraction of sp³-hybridized carbons (Fsp3) is 0.100. The molecule has 0 aliphatic heterocycles. The highest BCUT2D eigenvalue weighted by molar-refractivity contribution is 5.94. The predicted molar refractivity (Wildman–Crippen MR) is 109 cm³/mol. The van der Waals surface area contributed by atoms with Gasteiger partial charge in [-0.25, -0.2) is 10.2 Å². The van der Waals surface area contributed by atoms with E-state index in [1.807, 2.05) is 0 Å². The molecule has 3 aromatic rings. The van der Waals surface area contributed by atoms with Crippen LogP contribution in [-0.4, -0.2) is 39.9 Å². The van der Waals surface area contributed by atoms with Crippen LogP contribution in [0.1, 0.15) is 15.9 Å². The number of benzene rings is 2. The van der Waals surface area contributed by atoms with Crippen LogP contribution in [0.3, 0.4) is 0 Å². The zero-order chi connectivity index (χ0) is 22.2. The van der Waals surface area contributed by atoms with Gasteiger partial charge in [0, 0.05) is 0 Å². The second-order valence-corrected chi connectivity index (χ2v) is 6.11. The number of ether oxygens (including phenoxy) is 2. The standard InChI is InChI=1S/C20H17N5O6/c1-30-18-8-3-2-7-17(18)20(27)31-16-6-4-5-14(9-16)10-21-23-19(26)13-24-12-15(11-22-24)25(28)29/h2-12H,13H2,1H3,(H,23,26). The van der Waals surface area contributed by atoms with E-state index in [-0.39, 0.29) is 23.5 Å². The summed E-state index contributed by atoms with van der Waals surface area (Å²) in [6.45, 7) is -0.234. The highest BCUT2D eigenvalue weighted by Crippen LogP contribution is 2.20. The molecule has 1 amide bonds. The number of esters is 1. The van der Waals surface area contributed by atoms with Crippen LogP contribution >= 0.6 is 0 Å². The molecule has 11 nitrogen and oxygen atoms in total. The summed E-state index contributed by atoms with van der Waals surface area (Å²) in [5, 5.41) is 18.2. The van der Waals surface area contributed by atoms with Crippen LogP contribution in [0, 0.1) is 10.1 Å². The normalized spacial score (nSPS) is 10.6. The summed E-state index contributed by atoms with van der Waals surface area (Å²) in [4.78, 5) is 34.3. The highest BCUT2D eigenvalue weighted by Gasteiger charge is 2.14. The number of methoxy groups -OCH3 is 1. The van der Waals surface area contributed by atoms with Gasteiger partial charge in [0.15, 0.2) is 0 Å². The van der Waals surface area contributed by atoms with E-state index in [1.165, 1.54) is 13.3 Å². The van der Waals surface area contributed by atoms with Gasteiger partial charge in [-0.2, -0.15) is 10.2 Å². The molecule has 0 bridgehead atoms. The Labute approximate surface area is 176 Å². The lowest BCUT2D eigenvalue weighted by atomic mass is 10.2. The first-order valence-corrected chi connectivity index (χ1v) is 8.90. The summed E-state index contributed by atoms with van der Waals surface area (Å²) < 4.78 is 11.7. The predicted octanol–water partition coefficient (Wildman–Crippen LogP) is 2.17. The Balaban J connectivity index is 1.58. The third-order valence-electron chi connectivity index (χ3n) is 3.93. The van der Waals surface area contributed by atoms with E-state index in [0.717, 1.165) is 17.1 Å². The van der Waals surface area contributed by atoms with Crippen LogP contribution in [0.5, 0.6) is 11.5 Å². The molecule has 0 radical (unpaired) electrons. The van der Waals surface area contributed by atoms with Crippen molar-refractivity contribution in [3.63, 3.8) is 0 Å². The molecule has 0 unspecified atom stereocenters. The minimum absolute atomic E-state index is 0.212. The molecule has 2 aromatic carbocycles. The molecule has 0 aliphatic rings. The Bertz CT molecular complexity index is 1140. The molecule has 0 saturated carbocycles. The molecular weight excluding hydrogens is 406 g/mol. The molecule has 0 aliphatic carbocycles. The van der Waals surface area contributed by atoms with Crippen LogP contribution < -0.4 is 14.9 Å². The lowest BCUT2D eigenvalue weighted by molar-refractivity contribution is -0.385. The number of amides is 1. The lowest BCUT2D eigenvalue weighted by Gasteiger charge is -2.08. The topological polar surface area (TPSA) is 138 Å². The number of nitro groups is 1. The molecule has 0 spiro atoms. The van der Waals surface area contributed by atoms with Crippen molar-refractivity contribution in [3.8, 4) is 11.5 Å². The largest absolute Gasteiger partial charge is 0.496 e. The van der Waals surface area contributed by atoms with E-state index >= 15 is 0 Å². The first kappa shape index (κ1) is 21.2. The zero-order valence-electron chi connectivity index (χ0n) is 16.3. The molecule has 0 fully saturated rings. The van der Waals surface area contributed by atoms with Gasteiger partial charge in [0.05, 0.1) is 18.2 Å². The molecule has 3 rings (SSSR count). The first-order valence-electron chi connectivity index (χ1n) is 8.90. The SMILES string of the molecule is COc1ccccc1C(=O)Oc1cccc(C=NNC(=O)Cn2cc([N+](=O)[O-])cn2)c1. The van der Waals surface area contributed by atoms with Gasteiger partial charge >= 0.3 is 11.7 Å². The molecule has 31 heavy (non-hydrogen) atoms. The van der Waals surface area contributed by atoms with Crippen LogP contribution in [0.15, 0.2) is 66.0 Å². The molecule has 1 heterocycles. The maximum Gasteiger partial charge on any atom is 0.347 e. The molecule has 158 valence electrons. The van der Waals surface area contributed by atoms with Crippen molar-refractivity contribution in [1.29, 1.82) is 0 Å². The van der Waals surface area contributed by atoms with Crippen LogP contribution in [0.4, 0.5) is 5.69 Å². The molecule has 0 atom stereocenters. The average molecular weight is 423 g/mol. The lowest BCUT2D eigenvalue weighted by Crippen LogP contribution is -2.23. The quantitative estimate of drug-likeness (QED) is 0.193. The Kier molecular flexibility index (Phi) is 6.68. The number of carbonyl (C=O) groups excluding carboxylic acids is 2. The van der Waals surface area contributed by atoms with Gasteiger partial charge < -0.3 is 9.47 Å². The maximum absolute atomic E-state index is 12.4. The summed E-state index contributed by atoms with van der Waals surface area (Å²) in [7, 11) is 1.46. The molecule has 1 aromatic heterocycles. The van der Waals surface area contributed by atoms with E-state index in [4.69, 9.17) is 9.47 Å². The van der Waals surface area contributed by atoms with Crippen molar-refractivity contribution in [1.82, 2.24) is 15.2 Å². The Morgan fingerprint density at radius 1 is 1.26 bits per heavy atom. The number of hydrogen-bond donors (Lipinski definition) is 1. The summed E-state index contributed by atoms with van der Waals surface area (Å²) in [6, 6.07) is 13.2. The van der Waals surface area contributed by atoms with Gasteiger partial charge in [-0.05, 0) is 29.8 Å². The third-order valence-corrected chi connectivity index (χ3v) is 3.93. The number of hydrogen-bond acceptors (Lipinski definition) is 8. The number of nitrogens with one attached hydrogen (secondary N) is 1. The minimum Gasteiger partial charge on any atom is -0.496 e. The molecule has 0 saturated heterocycles. The number of para-hydroxylation sites is 1. The second kappa shape index (κ2) is 9.78. The Morgan fingerprint density at radius 2 is 2.06 bits per heavy atom. The summed E-state index contributed by atoms with van der Waals surface area (Å²) >= 11 is 0. The third kappa shape index (κ3) is 5.73. The molecular formula is C20H17N5O6. The highest BCUT2D eigenvalue weighted by atomic mass is 16.6. The van der Waals surface area contributed by atoms with Crippen molar-refractivity contribution in [2.45, 2.75) is 6.54 Å². The van der Waals surface area contributed by atoms with Gasteiger partial charge in [-0.3, -0.25) is 19.6 Å². The molecule has 11 heteroatoms. The van der Waals surface area contributed by atoms with E-state index < -0.39 is 16.8 Å². The van der Waals surface area contributed by atoms with Gasteiger partial charge in [0.1, 0.15) is 36.0 Å². The van der Waals surface area contributed by atoms with Crippen LogP contribution in [0.25, 0.3) is 0 Å². The van der Waals surface area contributed by atoms with Crippen LogP contribution in [0.2, 0.25) is 0 Å². The Hall–Kier alpha value is -4.54. The van der Waals surface area contributed by atoms with E-state index in [0.29, 0.717) is 11.3 Å². The fourth-order valence-corrected chi connectivity index (χ4v) is 2.53. The smallest absolute Gasteiger partial charge is 0.347 e. The van der Waals surface area contributed by atoms with Gasteiger partial charge in [0.25, 0.3) is 5.91 Å². The van der Waals surface area contributed by atoms with Crippen molar-refractivity contribution >= 4 is 23.8 Å². The van der Waals surface area contributed by atoms with Gasteiger partial charge in [0.2, 0.25) is 0 Å². The summed E-state index contributed by atoms with van der Waals surface area (Å²) in [5.74, 6) is -0.411. The first-order chi connectivity index (χ1) is 15.0. The second-order valence-electron chi connectivity index (χ2n) is 6.11. The Morgan fingerprint density at radius 3 is 2.81 bits per heavy atom. The average Bonchev–Trinajstić information content (AvgIpc) is 3.22. The van der Waals surface area contributed by atoms with Gasteiger partial charge in [-0.15, -0.1) is 0 Å². The fourth-order valence-electron chi connectivity index (χ4n) is 2.53. The number of rotatable bonds is 8. The van der Waals surface area contributed by atoms with Crippen molar-refractivity contribution in [2.75, 3.05) is 7.11 Å². The van der Waals surface area contributed by atoms with Crippen molar-refractivity contribution in [3.05, 3.63) is 82.2 Å². The van der Waals surface area contributed by atoms with Crippen LogP contribution in [-0.2, 0) is 11.3 Å². The minimum atomic E-state index is -0.604. The van der Waals surface area contributed by atoms with Crippen molar-refractivity contribution < 1.29 is 24.0 Å². The molecule has 1 N–H and O–H groups in total. The number of nitrogens with zero attached hydrogens (tertiary/aromatic N) is 4. The number of hydrazone groups is 1. The number of aromatic nitrogens is 2. The van der Waals surface area contributed by atoms with E-state index in [1.54, 1.807) is 48.5 Å². The van der Waals surface area contributed by atoms with E-state index in [2.05, 4.69) is 15.6 Å². The monoisotopic (exact) mass is 423 g/mol. The summed E-state index contributed by atoms with van der Waals surface area (Å²) in [5.41, 5.74) is 2.94. The number of carbonyl (C=O) groups is 2. The van der Waals surface area contributed by atoms with E-state index in [9.17, 15) is 19.7 Å². The maximum atomic E-state index is 12.4. The zero-order valence-corrected chi connectivity index (χ0v) is 16.3.